The number of nitrogens with zero attached hydrogens (tertiary/aromatic N) is 2. The van der Waals surface area contributed by atoms with E-state index in [1.807, 2.05) is 12.1 Å². The first-order valence-corrected chi connectivity index (χ1v) is 10.5. The van der Waals surface area contributed by atoms with Gasteiger partial charge in [0, 0.05) is 0 Å². The topological polar surface area (TPSA) is 101 Å². The van der Waals surface area contributed by atoms with Crippen LogP contribution in [0.1, 0.15) is 18.7 Å². The Morgan fingerprint density at radius 3 is 2.77 bits per heavy atom. The number of ether oxygens (including phenoxy) is 2. The van der Waals surface area contributed by atoms with Gasteiger partial charge in [0.2, 0.25) is 10.0 Å². The van der Waals surface area contributed by atoms with Crippen molar-refractivity contribution >= 4 is 21.4 Å². The van der Waals surface area contributed by atoms with Crippen molar-refractivity contribution in [2.75, 3.05) is 13.2 Å². The minimum absolute atomic E-state index is 0.272. The molecule has 26 heavy (non-hydrogen) atoms. The van der Waals surface area contributed by atoms with Crippen molar-refractivity contribution in [1.82, 2.24) is 9.71 Å². The number of pyridine rings is 1. The van der Waals surface area contributed by atoms with Crippen LogP contribution in [0.15, 0.2) is 30.5 Å². The third kappa shape index (κ3) is 4.22. The Balaban J connectivity index is 1.67. The van der Waals surface area contributed by atoms with Crippen LogP contribution in [0.5, 0.6) is 5.75 Å². The Labute approximate surface area is 156 Å². The van der Waals surface area contributed by atoms with Crippen LogP contribution in [-0.2, 0) is 14.8 Å². The highest BCUT2D eigenvalue weighted by Crippen LogP contribution is 2.27. The second-order valence-corrected chi connectivity index (χ2v) is 9.52. The largest absolute Gasteiger partial charge is 0.485 e. The average Bonchev–Trinajstić information content (AvgIpc) is 3.25. The summed E-state index contributed by atoms with van der Waals surface area (Å²) < 4.78 is 38.0. The molecule has 0 aliphatic carbocycles. The quantitative estimate of drug-likeness (QED) is 0.807. The van der Waals surface area contributed by atoms with Crippen molar-refractivity contribution in [3.05, 3.63) is 35.3 Å². The molecule has 2 atom stereocenters. The molecule has 0 saturated carbocycles. The van der Waals surface area contributed by atoms with Gasteiger partial charge in [-0.05, 0) is 38.1 Å². The van der Waals surface area contributed by atoms with Crippen LogP contribution in [0.2, 0.25) is 0 Å². The van der Waals surface area contributed by atoms with Crippen LogP contribution in [0.3, 0.4) is 0 Å². The summed E-state index contributed by atoms with van der Waals surface area (Å²) in [7, 11) is -3.40. The number of thiophene rings is 1. The highest BCUT2D eigenvalue weighted by atomic mass is 32.2. The summed E-state index contributed by atoms with van der Waals surface area (Å²) in [5.74, 6) is 0.537. The van der Waals surface area contributed by atoms with Gasteiger partial charge in [-0.25, -0.2) is 13.1 Å². The SMILES string of the molecule is CC(C)S(=O)(=O)N[C@@H]1COC[C@@H]1Oc1ccc(-c2ccc(C#N)s2)nc1. The zero-order valence-corrected chi connectivity index (χ0v) is 16.0. The summed E-state index contributed by atoms with van der Waals surface area (Å²) in [6.07, 6.45) is 1.18. The Kier molecular flexibility index (Phi) is 5.58. The molecule has 2 aromatic heterocycles. The van der Waals surface area contributed by atoms with Crippen molar-refractivity contribution < 1.29 is 17.9 Å². The van der Waals surface area contributed by atoms with Crippen LogP contribution in [0, 0.1) is 11.3 Å². The normalized spacial score (nSPS) is 20.2. The maximum atomic E-state index is 12.1. The minimum Gasteiger partial charge on any atom is -0.485 e. The lowest BCUT2D eigenvalue weighted by Crippen LogP contribution is -2.47. The zero-order valence-electron chi connectivity index (χ0n) is 14.4. The third-order valence-corrected chi connectivity index (χ3v) is 6.84. The van der Waals surface area contributed by atoms with Crippen molar-refractivity contribution in [3.63, 3.8) is 0 Å². The van der Waals surface area contributed by atoms with Crippen LogP contribution < -0.4 is 9.46 Å². The van der Waals surface area contributed by atoms with Gasteiger partial charge in [-0.1, -0.05) is 0 Å². The van der Waals surface area contributed by atoms with Crippen LogP contribution in [-0.4, -0.2) is 44.0 Å². The van der Waals surface area contributed by atoms with E-state index in [9.17, 15) is 8.42 Å². The lowest BCUT2D eigenvalue weighted by atomic mass is 10.2. The van der Waals surface area contributed by atoms with E-state index in [0.717, 1.165) is 10.6 Å². The number of aromatic nitrogens is 1. The molecule has 1 aliphatic rings. The van der Waals surface area contributed by atoms with Crippen molar-refractivity contribution in [3.8, 4) is 22.4 Å². The maximum Gasteiger partial charge on any atom is 0.214 e. The summed E-state index contributed by atoms with van der Waals surface area (Å²) in [5.41, 5.74) is 0.753. The second-order valence-electron chi connectivity index (χ2n) is 6.17. The predicted molar refractivity (Wildman–Crippen MR) is 98.5 cm³/mol. The van der Waals surface area contributed by atoms with E-state index in [1.165, 1.54) is 11.3 Å². The summed E-state index contributed by atoms with van der Waals surface area (Å²) in [4.78, 5) is 5.90. The van der Waals surface area contributed by atoms with Crippen LogP contribution in [0.4, 0.5) is 0 Å². The first-order valence-electron chi connectivity index (χ1n) is 8.11. The van der Waals surface area contributed by atoms with Crippen molar-refractivity contribution in [2.24, 2.45) is 0 Å². The fraction of sp³-hybridized carbons (Fsp3) is 0.412. The molecule has 3 rings (SSSR count). The lowest BCUT2D eigenvalue weighted by Gasteiger charge is -2.21. The van der Waals surface area contributed by atoms with E-state index in [1.54, 1.807) is 32.2 Å². The molecule has 0 radical (unpaired) electrons. The fourth-order valence-electron chi connectivity index (χ4n) is 2.41. The molecule has 0 unspecified atom stereocenters. The van der Waals surface area contributed by atoms with E-state index in [2.05, 4.69) is 15.8 Å². The first-order chi connectivity index (χ1) is 12.4. The molecule has 0 spiro atoms. The lowest BCUT2D eigenvalue weighted by molar-refractivity contribution is 0.139. The Bertz CT molecular complexity index is 901. The van der Waals surface area contributed by atoms with Gasteiger partial charge in [-0.3, -0.25) is 4.98 Å². The van der Waals surface area contributed by atoms with Crippen molar-refractivity contribution in [2.45, 2.75) is 31.2 Å². The van der Waals surface area contributed by atoms with Crippen molar-refractivity contribution in [1.29, 1.82) is 5.26 Å². The molecule has 7 nitrogen and oxygen atoms in total. The maximum absolute atomic E-state index is 12.1. The molecular weight excluding hydrogens is 374 g/mol. The smallest absolute Gasteiger partial charge is 0.214 e. The zero-order chi connectivity index (χ0) is 18.7. The molecule has 2 aromatic rings. The highest BCUT2D eigenvalue weighted by molar-refractivity contribution is 7.90. The Hall–Kier alpha value is -1.99. The van der Waals surface area contributed by atoms with E-state index in [0.29, 0.717) is 17.2 Å². The highest BCUT2D eigenvalue weighted by Gasteiger charge is 2.34. The molecular formula is C17H19N3O4S2. The molecule has 9 heteroatoms. The molecule has 1 aliphatic heterocycles. The minimum atomic E-state index is -3.40. The second kappa shape index (κ2) is 7.72. The monoisotopic (exact) mass is 393 g/mol. The van der Waals surface area contributed by atoms with Crippen LogP contribution in [0.25, 0.3) is 10.6 Å². The van der Waals surface area contributed by atoms with Gasteiger partial charge in [0.1, 0.15) is 22.8 Å². The number of nitriles is 1. The molecule has 0 bridgehead atoms. The molecule has 0 aromatic carbocycles. The number of rotatable bonds is 6. The Morgan fingerprint density at radius 1 is 1.35 bits per heavy atom. The van der Waals surface area contributed by atoms with Gasteiger partial charge in [-0.15, -0.1) is 11.3 Å². The van der Waals surface area contributed by atoms with Crippen LogP contribution >= 0.6 is 11.3 Å². The van der Waals surface area contributed by atoms with Gasteiger partial charge in [0.25, 0.3) is 0 Å². The summed E-state index contributed by atoms with van der Waals surface area (Å²) in [6.45, 7) is 3.83. The fourth-order valence-corrected chi connectivity index (χ4v) is 4.11. The average molecular weight is 393 g/mol. The molecule has 3 heterocycles. The molecule has 0 amide bonds. The molecule has 1 saturated heterocycles. The van der Waals surface area contributed by atoms with Gasteiger partial charge in [0.05, 0.1) is 41.3 Å². The molecule has 1 fully saturated rings. The Morgan fingerprint density at radius 2 is 2.15 bits per heavy atom. The van der Waals surface area contributed by atoms with E-state index < -0.39 is 27.4 Å². The summed E-state index contributed by atoms with van der Waals surface area (Å²) in [5, 5.41) is 8.38. The van der Waals surface area contributed by atoms with Gasteiger partial charge in [-0.2, -0.15) is 5.26 Å². The third-order valence-electron chi connectivity index (χ3n) is 3.96. The number of sulfonamides is 1. The van der Waals surface area contributed by atoms with E-state index >= 15 is 0 Å². The first kappa shape index (κ1) is 18.8. The standard InChI is InChI=1S/C17H19N3O4S2/c1-11(2)26(21,22)20-15-9-23-10-16(15)24-12-3-5-14(19-8-12)17-6-4-13(7-18)25-17/h3-6,8,11,15-16,20H,9-10H2,1-2H3/t15-,16+/m1/s1. The molecule has 138 valence electrons. The number of hydrogen-bond donors (Lipinski definition) is 1. The molecule has 1 N–H and O–H groups in total. The van der Waals surface area contributed by atoms with Gasteiger partial charge < -0.3 is 9.47 Å². The van der Waals surface area contributed by atoms with E-state index in [-0.39, 0.29) is 6.61 Å². The van der Waals surface area contributed by atoms with Gasteiger partial charge >= 0.3 is 0 Å². The van der Waals surface area contributed by atoms with E-state index in [4.69, 9.17) is 14.7 Å². The number of hydrogen-bond acceptors (Lipinski definition) is 7. The number of nitrogens with one attached hydrogen (secondary N) is 1. The summed E-state index contributed by atoms with van der Waals surface area (Å²) in [6, 6.07) is 8.87. The summed E-state index contributed by atoms with van der Waals surface area (Å²) >= 11 is 1.37. The predicted octanol–water partition coefficient (Wildman–Crippen LogP) is 2.16. The van der Waals surface area contributed by atoms with Gasteiger partial charge in [0.15, 0.2) is 0 Å².